The molecule has 2 rings (SSSR count). The van der Waals surface area contributed by atoms with Gasteiger partial charge in [-0.25, -0.2) is 0 Å². The number of benzene rings is 1. The lowest BCUT2D eigenvalue weighted by Crippen LogP contribution is -2.24. The van der Waals surface area contributed by atoms with Crippen LogP contribution in [0.5, 0.6) is 0 Å². The van der Waals surface area contributed by atoms with Gasteiger partial charge in [0.2, 0.25) is 0 Å². The van der Waals surface area contributed by atoms with Crippen LogP contribution in [-0.4, -0.2) is 10.1 Å². The maximum Gasteiger partial charge on any atom is 0.129 e. The van der Waals surface area contributed by atoms with E-state index < -0.39 is 5.60 Å². The monoisotopic (exact) mass is 241 g/mol. The molecule has 94 valence electrons. The van der Waals surface area contributed by atoms with Crippen molar-refractivity contribution in [2.75, 3.05) is 0 Å². The van der Waals surface area contributed by atoms with Gasteiger partial charge in [-0.15, -0.1) is 0 Å². The van der Waals surface area contributed by atoms with Crippen molar-refractivity contribution >= 4 is 0 Å². The molecular weight excluding hydrogens is 222 g/mol. The predicted molar refractivity (Wildman–Crippen MR) is 73.4 cm³/mol. The van der Waals surface area contributed by atoms with E-state index in [4.69, 9.17) is 0 Å². The summed E-state index contributed by atoms with van der Waals surface area (Å²) in [6.45, 7) is 6.06. The number of aliphatic hydroxyl groups is 1. The lowest BCUT2D eigenvalue weighted by atomic mass is 9.90. The smallest absolute Gasteiger partial charge is 0.129 e. The zero-order chi connectivity index (χ0) is 13.2. The average molecular weight is 241 g/mol. The van der Waals surface area contributed by atoms with Crippen LogP contribution in [0.4, 0.5) is 0 Å². The van der Waals surface area contributed by atoms with Crippen molar-refractivity contribution in [3.8, 4) is 0 Å². The van der Waals surface area contributed by atoms with Gasteiger partial charge in [0.05, 0.1) is 5.69 Å². The van der Waals surface area contributed by atoms with Gasteiger partial charge in [-0.05, 0) is 36.1 Å². The van der Waals surface area contributed by atoms with Crippen molar-refractivity contribution in [2.24, 2.45) is 0 Å². The van der Waals surface area contributed by atoms with Gasteiger partial charge in [0, 0.05) is 6.20 Å². The third-order valence-electron chi connectivity index (χ3n) is 3.29. The summed E-state index contributed by atoms with van der Waals surface area (Å²) >= 11 is 0. The number of rotatable bonds is 3. The molecule has 0 amide bonds. The summed E-state index contributed by atoms with van der Waals surface area (Å²) in [5.41, 5.74) is 1.70. The van der Waals surface area contributed by atoms with Gasteiger partial charge in [0.1, 0.15) is 5.60 Å². The van der Waals surface area contributed by atoms with E-state index in [0.717, 1.165) is 5.56 Å². The molecule has 0 aliphatic carbocycles. The van der Waals surface area contributed by atoms with E-state index in [1.807, 2.05) is 42.5 Å². The van der Waals surface area contributed by atoms with Crippen LogP contribution in [0.15, 0.2) is 48.7 Å². The Morgan fingerprint density at radius 2 is 1.78 bits per heavy atom. The fourth-order valence-electron chi connectivity index (χ4n) is 1.98. The second-order valence-corrected chi connectivity index (χ2v) is 5.07. The van der Waals surface area contributed by atoms with Crippen molar-refractivity contribution in [1.29, 1.82) is 0 Å². The number of aromatic nitrogens is 1. The molecular formula is C16H19NO. The molecule has 0 bridgehead atoms. The standard InChI is InChI=1S/C16H19NO/c1-12(2)13-9-10-17-15(11-13)16(3,18)14-7-5-4-6-8-14/h4-12,18H,1-3H3/t16-/m0/s1. The third kappa shape index (κ3) is 2.44. The van der Waals surface area contributed by atoms with Crippen molar-refractivity contribution in [2.45, 2.75) is 32.3 Å². The lowest BCUT2D eigenvalue weighted by molar-refractivity contribution is 0.0973. The van der Waals surface area contributed by atoms with Gasteiger partial charge >= 0.3 is 0 Å². The molecule has 2 heteroatoms. The highest BCUT2D eigenvalue weighted by Crippen LogP contribution is 2.28. The lowest BCUT2D eigenvalue weighted by Gasteiger charge is -2.24. The summed E-state index contributed by atoms with van der Waals surface area (Å²) in [6, 6.07) is 13.6. The number of nitrogens with zero attached hydrogens (tertiary/aromatic N) is 1. The molecule has 0 saturated heterocycles. The molecule has 0 saturated carbocycles. The van der Waals surface area contributed by atoms with Gasteiger partial charge in [-0.2, -0.15) is 0 Å². The summed E-state index contributed by atoms with van der Waals surface area (Å²) < 4.78 is 0. The first-order chi connectivity index (χ1) is 8.51. The maximum absolute atomic E-state index is 10.7. The average Bonchev–Trinajstić information content (AvgIpc) is 2.40. The van der Waals surface area contributed by atoms with Gasteiger partial charge in [0.15, 0.2) is 0 Å². The normalized spacial score (nSPS) is 14.5. The molecule has 1 aromatic carbocycles. The van der Waals surface area contributed by atoms with Crippen LogP contribution in [0, 0.1) is 0 Å². The van der Waals surface area contributed by atoms with E-state index in [1.165, 1.54) is 5.56 Å². The Balaban J connectivity index is 2.44. The van der Waals surface area contributed by atoms with E-state index in [-0.39, 0.29) is 0 Å². The van der Waals surface area contributed by atoms with Gasteiger partial charge in [-0.1, -0.05) is 44.2 Å². The van der Waals surface area contributed by atoms with Crippen molar-refractivity contribution < 1.29 is 5.11 Å². The van der Waals surface area contributed by atoms with E-state index >= 15 is 0 Å². The van der Waals surface area contributed by atoms with Crippen LogP contribution in [0.1, 0.15) is 43.5 Å². The van der Waals surface area contributed by atoms with E-state index in [1.54, 1.807) is 13.1 Å². The summed E-state index contributed by atoms with van der Waals surface area (Å²) in [6.07, 6.45) is 1.77. The molecule has 1 N–H and O–H groups in total. The molecule has 0 spiro atoms. The first-order valence-electron chi connectivity index (χ1n) is 6.26. The highest BCUT2D eigenvalue weighted by molar-refractivity contribution is 5.33. The topological polar surface area (TPSA) is 33.1 Å². The van der Waals surface area contributed by atoms with E-state index in [2.05, 4.69) is 18.8 Å². The third-order valence-corrected chi connectivity index (χ3v) is 3.29. The molecule has 0 unspecified atom stereocenters. The zero-order valence-electron chi connectivity index (χ0n) is 11.1. The molecule has 0 aliphatic heterocycles. The SMILES string of the molecule is CC(C)c1ccnc([C@@](C)(O)c2ccccc2)c1. The van der Waals surface area contributed by atoms with Crippen molar-refractivity contribution in [3.05, 3.63) is 65.5 Å². The maximum atomic E-state index is 10.7. The van der Waals surface area contributed by atoms with Crippen LogP contribution in [0.2, 0.25) is 0 Å². The van der Waals surface area contributed by atoms with Gasteiger partial charge < -0.3 is 5.11 Å². The van der Waals surface area contributed by atoms with Crippen LogP contribution < -0.4 is 0 Å². The molecule has 18 heavy (non-hydrogen) atoms. The molecule has 0 radical (unpaired) electrons. The van der Waals surface area contributed by atoms with Gasteiger partial charge in [-0.3, -0.25) is 4.98 Å². The Morgan fingerprint density at radius 3 is 2.39 bits per heavy atom. The molecule has 2 aromatic rings. The number of hydrogen-bond acceptors (Lipinski definition) is 2. The molecule has 0 fully saturated rings. The van der Waals surface area contributed by atoms with E-state index in [0.29, 0.717) is 11.6 Å². The first-order valence-corrected chi connectivity index (χ1v) is 6.26. The van der Waals surface area contributed by atoms with E-state index in [9.17, 15) is 5.11 Å². The second-order valence-electron chi connectivity index (χ2n) is 5.07. The van der Waals surface area contributed by atoms with Gasteiger partial charge in [0.25, 0.3) is 0 Å². The number of pyridine rings is 1. The largest absolute Gasteiger partial charge is 0.379 e. The summed E-state index contributed by atoms with van der Waals surface area (Å²) in [5.74, 6) is 0.429. The second kappa shape index (κ2) is 4.91. The molecule has 2 nitrogen and oxygen atoms in total. The van der Waals surface area contributed by atoms with Crippen LogP contribution in [0.25, 0.3) is 0 Å². The Labute approximate surface area is 108 Å². The summed E-state index contributed by atoms with van der Waals surface area (Å²) in [5, 5.41) is 10.7. The molecule has 1 atom stereocenters. The zero-order valence-corrected chi connectivity index (χ0v) is 11.1. The van der Waals surface area contributed by atoms with Crippen molar-refractivity contribution in [1.82, 2.24) is 4.98 Å². The number of hydrogen-bond donors (Lipinski definition) is 1. The molecule has 1 heterocycles. The first kappa shape index (κ1) is 12.8. The van der Waals surface area contributed by atoms with Crippen LogP contribution >= 0.6 is 0 Å². The van der Waals surface area contributed by atoms with Crippen molar-refractivity contribution in [3.63, 3.8) is 0 Å². The minimum absolute atomic E-state index is 0.429. The minimum atomic E-state index is -1.05. The Morgan fingerprint density at radius 1 is 1.11 bits per heavy atom. The summed E-state index contributed by atoms with van der Waals surface area (Å²) in [4.78, 5) is 4.32. The highest BCUT2D eigenvalue weighted by atomic mass is 16.3. The predicted octanol–water partition coefficient (Wildman–Crippen LogP) is 3.46. The Kier molecular flexibility index (Phi) is 3.48. The van der Waals surface area contributed by atoms with Crippen LogP contribution in [0.3, 0.4) is 0 Å². The fourth-order valence-corrected chi connectivity index (χ4v) is 1.98. The Bertz CT molecular complexity index is 518. The summed E-state index contributed by atoms with van der Waals surface area (Å²) in [7, 11) is 0. The highest BCUT2D eigenvalue weighted by Gasteiger charge is 2.27. The fraction of sp³-hybridized carbons (Fsp3) is 0.312. The molecule has 0 aliphatic rings. The van der Waals surface area contributed by atoms with Crippen LogP contribution in [-0.2, 0) is 5.60 Å². The quantitative estimate of drug-likeness (QED) is 0.892. The Hall–Kier alpha value is -1.67. The minimum Gasteiger partial charge on any atom is -0.379 e. The molecule has 1 aromatic heterocycles.